The van der Waals surface area contributed by atoms with Crippen molar-refractivity contribution in [3.63, 3.8) is 0 Å². The lowest BCUT2D eigenvalue weighted by Gasteiger charge is -2.13. The van der Waals surface area contributed by atoms with Crippen LogP contribution >= 0.6 is 0 Å². The monoisotopic (exact) mass is 144 g/mol. The average molecular weight is 144 g/mol. The molecule has 1 aliphatic rings. The van der Waals surface area contributed by atoms with Crippen molar-refractivity contribution in [2.75, 3.05) is 0 Å². The van der Waals surface area contributed by atoms with E-state index in [2.05, 4.69) is 0 Å². The van der Waals surface area contributed by atoms with Gasteiger partial charge in [0.05, 0.1) is 0 Å². The molecule has 58 valence electrons. The maximum Gasteiger partial charge on any atom is 0.322 e. The van der Waals surface area contributed by atoms with Gasteiger partial charge in [-0.15, -0.1) is 0 Å². The third kappa shape index (κ3) is 1.46. The lowest BCUT2D eigenvalue weighted by atomic mass is 10.1. The van der Waals surface area contributed by atoms with Crippen molar-refractivity contribution in [2.24, 2.45) is 17.4 Å². The Kier molecular flexibility index (Phi) is 1.92. The van der Waals surface area contributed by atoms with Crippen LogP contribution in [-0.4, -0.2) is 23.2 Å². The van der Waals surface area contributed by atoms with Crippen LogP contribution in [0.25, 0.3) is 0 Å². The standard InChI is InChI=1S/C6H12N2O2/c7-4(3-1-2-3)5(8)6(9)10/h3-5H,1-2,7-8H2,(H,9,10). The summed E-state index contributed by atoms with van der Waals surface area (Å²) in [6, 6.07) is -1.23. The van der Waals surface area contributed by atoms with E-state index in [9.17, 15) is 4.79 Å². The average Bonchev–Trinajstić information content (AvgIpc) is 2.65. The maximum atomic E-state index is 10.3. The lowest BCUT2D eigenvalue weighted by Crippen LogP contribution is -2.48. The van der Waals surface area contributed by atoms with Crippen molar-refractivity contribution in [1.82, 2.24) is 0 Å². The molecule has 0 spiro atoms. The summed E-state index contributed by atoms with van der Waals surface area (Å²) in [5.74, 6) is -0.648. The molecule has 1 rings (SSSR count). The molecule has 0 aromatic rings. The van der Waals surface area contributed by atoms with Crippen LogP contribution in [-0.2, 0) is 4.79 Å². The Morgan fingerprint density at radius 3 is 2.30 bits per heavy atom. The van der Waals surface area contributed by atoms with Crippen molar-refractivity contribution in [3.8, 4) is 0 Å². The molecule has 4 nitrogen and oxygen atoms in total. The fourth-order valence-corrected chi connectivity index (χ4v) is 0.939. The van der Waals surface area contributed by atoms with E-state index in [0.717, 1.165) is 12.8 Å². The van der Waals surface area contributed by atoms with Crippen molar-refractivity contribution in [1.29, 1.82) is 0 Å². The van der Waals surface area contributed by atoms with Gasteiger partial charge in [-0.1, -0.05) is 0 Å². The van der Waals surface area contributed by atoms with E-state index in [-0.39, 0.29) is 6.04 Å². The Morgan fingerprint density at radius 1 is 1.50 bits per heavy atom. The highest BCUT2D eigenvalue weighted by Gasteiger charge is 2.35. The summed E-state index contributed by atoms with van der Waals surface area (Å²) in [6.45, 7) is 0. The van der Waals surface area contributed by atoms with Gasteiger partial charge < -0.3 is 16.6 Å². The first-order valence-electron chi connectivity index (χ1n) is 3.37. The van der Waals surface area contributed by atoms with E-state index in [0.29, 0.717) is 5.92 Å². The fourth-order valence-electron chi connectivity index (χ4n) is 0.939. The van der Waals surface area contributed by atoms with Crippen molar-refractivity contribution in [2.45, 2.75) is 24.9 Å². The minimum Gasteiger partial charge on any atom is -0.480 e. The summed E-state index contributed by atoms with van der Waals surface area (Å²) in [4.78, 5) is 10.3. The third-order valence-electron chi connectivity index (χ3n) is 1.87. The molecule has 0 heterocycles. The number of hydrogen-bond acceptors (Lipinski definition) is 3. The molecular weight excluding hydrogens is 132 g/mol. The highest BCUT2D eigenvalue weighted by molar-refractivity contribution is 5.74. The van der Waals surface area contributed by atoms with Gasteiger partial charge in [-0.3, -0.25) is 4.79 Å². The number of carboxylic acids is 1. The summed E-state index contributed by atoms with van der Waals surface area (Å²) < 4.78 is 0. The maximum absolute atomic E-state index is 10.3. The zero-order valence-corrected chi connectivity index (χ0v) is 5.66. The first-order valence-corrected chi connectivity index (χ1v) is 3.37. The Hall–Kier alpha value is -0.610. The van der Waals surface area contributed by atoms with E-state index in [4.69, 9.17) is 16.6 Å². The van der Waals surface area contributed by atoms with Gasteiger partial charge >= 0.3 is 5.97 Å². The van der Waals surface area contributed by atoms with E-state index in [1.807, 2.05) is 0 Å². The van der Waals surface area contributed by atoms with Gasteiger partial charge in [-0.2, -0.15) is 0 Å². The molecule has 1 saturated carbocycles. The summed E-state index contributed by atoms with van der Waals surface area (Å²) in [7, 11) is 0. The second-order valence-corrected chi connectivity index (χ2v) is 2.78. The molecule has 1 aliphatic carbocycles. The second-order valence-electron chi connectivity index (χ2n) is 2.78. The number of carbonyl (C=O) groups is 1. The van der Waals surface area contributed by atoms with Gasteiger partial charge in [0.25, 0.3) is 0 Å². The Bertz CT molecular complexity index is 145. The molecule has 2 unspecified atom stereocenters. The third-order valence-corrected chi connectivity index (χ3v) is 1.87. The molecule has 2 atom stereocenters. The molecular formula is C6H12N2O2. The molecule has 0 aliphatic heterocycles. The Labute approximate surface area is 59.2 Å². The molecule has 0 saturated heterocycles. The Balaban J connectivity index is 2.38. The van der Waals surface area contributed by atoms with Gasteiger partial charge in [0, 0.05) is 6.04 Å². The summed E-state index contributed by atoms with van der Waals surface area (Å²) in [5, 5.41) is 8.42. The van der Waals surface area contributed by atoms with Gasteiger partial charge in [0.1, 0.15) is 6.04 Å². The number of nitrogens with two attached hydrogens (primary N) is 2. The first kappa shape index (κ1) is 7.50. The van der Waals surface area contributed by atoms with E-state index in [1.165, 1.54) is 0 Å². The largest absolute Gasteiger partial charge is 0.480 e. The van der Waals surface area contributed by atoms with Gasteiger partial charge in [-0.05, 0) is 18.8 Å². The smallest absolute Gasteiger partial charge is 0.322 e. The van der Waals surface area contributed by atoms with Crippen LogP contribution in [0.4, 0.5) is 0 Å². The van der Waals surface area contributed by atoms with Crippen LogP contribution in [0.15, 0.2) is 0 Å². The highest BCUT2D eigenvalue weighted by atomic mass is 16.4. The van der Waals surface area contributed by atoms with E-state index in [1.54, 1.807) is 0 Å². The number of rotatable bonds is 3. The van der Waals surface area contributed by atoms with Gasteiger partial charge in [0.15, 0.2) is 0 Å². The molecule has 4 heteroatoms. The molecule has 0 bridgehead atoms. The van der Waals surface area contributed by atoms with Crippen LogP contribution < -0.4 is 11.5 Å². The number of carboxylic acid groups (broad SMARTS) is 1. The normalized spacial score (nSPS) is 23.8. The Morgan fingerprint density at radius 2 is 2.00 bits per heavy atom. The fraction of sp³-hybridized carbons (Fsp3) is 0.833. The van der Waals surface area contributed by atoms with Crippen molar-refractivity contribution >= 4 is 5.97 Å². The highest BCUT2D eigenvalue weighted by Crippen LogP contribution is 2.32. The summed E-state index contributed by atoms with van der Waals surface area (Å²) in [6.07, 6.45) is 2.06. The lowest BCUT2D eigenvalue weighted by molar-refractivity contribution is -0.139. The molecule has 1 fully saturated rings. The van der Waals surface area contributed by atoms with Crippen LogP contribution in [0, 0.1) is 5.92 Å². The number of aliphatic carboxylic acids is 1. The molecule has 5 N–H and O–H groups in total. The zero-order chi connectivity index (χ0) is 7.72. The van der Waals surface area contributed by atoms with Gasteiger partial charge in [-0.25, -0.2) is 0 Å². The second kappa shape index (κ2) is 2.56. The SMILES string of the molecule is NC(C(=O)O)C(N)C1CC1. The van der Waals surface area contributed by atoms with Crippen LogP contribution in [0.1, 0.15) is 12.8 Å². The molecule has 0 amide bonds. The zero-order valence-electron chi connectivity index (χ0n) is 5.66. The predicted octanol–water partition coefficient (Wildman–Crippen LogP) is -0.864. The summed E-state index contributed by atoms with van der Waals surface area (Å²) in [5.41, 5.74) is 10.8. The van der Waals surface area contributed by atoms with E-state index < -0.39 is 12.0 Å². The van der Waals surface area contributed by atoms with Crippen LogP contribution in [0.2, 0.25) is 0 Å². The van der Waals surface area contributed by atoms with Crippen LogP contribution in [0.5, 0.6) is 0 Å². The predicted molar refractivity (Wildman–Crippen MR) is 36.3 cm³/mol. The quantitative estimate of drug-likeness (QED) is 0.480. The van der Waals surface area contributed by atoms with Gasteiger partial charge in [0.2, 0.25) is 0 Å². The summed E-state index contributed by atoms with van der Waals surface area (Å²) >= 11 is 0. The molecule has 0 radical (unpaired) electrons. The van der Waals surface area contributed by atoms with Crippen LogP contribution in [0.3, 0.4) is 0 Å². The van der Waals surface area contributed by atoms with E-state index >= 15 is 0 Å². The van der Waals surface area contributed by atoms with Crippen molar-refractivity contribution < 1.29 is 9.90 Å². The first-order chi connectivity index (χ1) is 4.63. The molecule has 10 heavy (non-hydrogen) atoms. The van der Waals surface area contributed by atoms with Crippen molar-refractivity contribution in [3.05, 3.63) is 0 Å². The molecule has 0 aromatic heterocycles. The minimum absolute atomic E-state index is 0.350. The number of hydrogen-bond donors (Lipinski definition) is 3. The topological polar surface area (TPSA) is 89.3 Å². The molecule has 0 aromatic carbocycles. The minimum atomic E-state index is -1.00.